The normalized spacial score (nSPS) is 13.7. The number of benzene rings is 1. The Balaban J connectivity index is 2.24. The zero-order valence-corrected chi connectivity index (χ0v) is 13.5. The molecule has 0 aliphatic rings. The summed E-state index contributed by atoms with van der Waals surface area (Å²) in [7, 11) is 1.42. The first-order chi connectivity index (χ1) is 10.1. The highest BCUT2D eigenvalue weighted by Gasteiger charge is 2.35. The Labute approximate surface area is 130 Å². The maximum Gasteiger partial charge on any atom is 0.330 e. The number of thiophene rings is 1. The number of carbonyl (C=O) groups excluding carboxylic acids is 1. The van der Waals surface area contributed by atoms with Crippen molar-refractivity contribution in [1.29, 1.82) is 0 Å². The Hall–Kier alpha value is -1.65. The molecule has 2 aromatic rings. The maximum atomic E-state index is 12.3. The van der Waals surface area contributed by atoms with E-state index in [4.69, 9.17) is 4.74 Å². The second kappa shape index (κ2) is 6.87. The van der Waals surface area contributed by atoms with Crippen molar-refractivity contribution < 1.29 is 9.53 Å². The Bertz CT molecular complexity index is 577. The van der Waals surface area contributed by atoms with Crippen molar-refractivity contribution in [2.75, 3.05) is 7.11 Å². The van der Waals surface area contributed by atoms with Crippen LogP contribution in [0.5, 0.6) is 0 Å². The molecule has 1 heterocycles. The summed E-state index contributed by atoms with van der Waals surface area (Å²) in [5.74, 6) is -0.275. The van der Waals surface area contributed by atoms with Gasteiger partial charge in [0.25, 0.3) is 0 Å². The molecule has 2 rings (SSSR count). The monoisotopic (exact) mass is 303 g/mol. The lowest BCUT2D eigenvalue weighted by Gasteiger charge is -2.28. The zero-order chi connectivity index (χ0) is 15.3. The fraction of sp³-hybridized carbons (Fsp3) is 0.353. The van der Waals surface area contributed by atoms with Crippen LogP contribution < -0.4 is 5.32 Å². The summed E-state index contributed by atoms with van der Waals surface area (Å²) in [5, 5.41) is 5.37. The first-order valence-corrected chi connectivity index (χ1v) is 7.93. The number of methoxy groups -OCH3 is 1. The van der Waals surface area contributed by atoms with E-state index in [1.807, 2.05) is 30.5 Å². The summed E-state index contributed by atoms with van der Waals surface area (Å²) < 4.78 is 5.00. The van der Waals surface area contributed by atoms with Gasteiger partial charge in [-0.3, -0.25) is 5.32 Å². The molecule has 0 saturated carbocycles. The van der Waals surface area contributed by atoms with Crippen molar-refractivity contribution in [3.63, 3.8) is 0 Å². The van der Waals surface area contributed by atoms with Gasteiger partial charge in [-0.05, 0) is 35.9 Å². The minimum atomic E-state index is -0.842. The van der Waals surface area contributed by atoms with E-state index in [2.05, 4.69) is 30.4 Å². The summed E-state index contributed by atoms with van der Waals surface area (Å²) in [4.78, 5) is 13.5. The molecule has 3 nitrogen and oxygen atoms in total. The highest BCUT2D eigenvalue weighted by molar-refractivity contribution is 7.09. The van der Waals surface area contributed by atoms with Gasteiger partial charge >= 0.3 is 5.97 Å². The number of rotatable bonds is 6. The zero-order valence-electron chi connectivity index (χ0n) is 12.7. The number of hydrogen-bond donors (Lipinski definition) is 1. The van der Waals surface area contributed by atoms with Gasteiger partial charge in [-0.25, -0.2) is 4.79 Å². The average Bonchev–Trinajstić information content (AvgIpc) is 3.05. The molecule has 0 aliphatic carbocycles. The van der Waals surface area contributed by atoms with Crippen molar-refractivity contribution in [2.45, 2.75) is 32.4 Å². The number of hydrogen-bond acceptors (Lipinski definition) is 4. The van der Waals surface area contributed by atoms with Gasteiger partial charge in [0.1, 0.15) is 5.54 Å². The van der Waals surface area contributed by atoms with E-state index in [0.29, 0.717) is 6.54 Å². The third-order valence-electron chi connectivity index (χ3n) is 3.73. The number of carbonyl (C=O) groups is 1. The van der Waals surface area contributed by atoms with Crippen LogP contribution in [-0.2, 0) is 28.0 Å². The molecular weight excluding hydrogens is 282 g/mol. The molecule has 0 saturated heterocycles. The van der Waals surface area contributed by atoms with Gasteiger partial charge in [0.15, 0.2) is 0 Å². The third-order valence-corrected chi connectivity index (χ3v) is 4.61. The number of nitrogens with one attached hydrogen (secondary N) is 1. The first kappa shape index (κ1) is 15.7. The Morgan fingerprint density at radius 2 is 2.00 bits per heavy atom. The van der Waals surface area contributed by atoms with E-state index in [1.54, 1.807) is 11.3 Å². The van der Waals surface area contributed by atoms with Gasteiger partial charge in [0.2, 0.25) is 0 Å². The van der Waals surface area contributed by atoms with Crippen LogP contribution >= 0.6 is 11.3 Å². The van der Waals surface area contributed by atoms with E-state index >= 15 is 0 Å². The van der Waals surface area contributed by atoms with E-state index in [9.17, 15) is 4.79 Å². The molecule has 0 radical (unpaired) electrons. The smallest absolute Gasteiger partial charge is 0.330 e. The van der Waals surface area contributed by atoms with Crippen LogP contribution in [0.4, 0.5) is 0 Å². The quantitative estimate of drug-likeness (QED) is 0.830. The van der Waals surface area contributed by atoms with Crippen LogP contribution in [0.25, 0.3) is 0 Å². The van der Waals surface area contributed by atoms with Gasteiger partial charge in [-0.15, -0.1) is 11.3 Å². The minimum Gasteiger partial charge on any atom is -0.467 e. The van der Waals surface area contributed by atoms with Crippen molar-refractivity contribution >= 4 is 17.3 Å². The van der Waals surface area contributed by atoms with Crippen LogP contribution in [-0.4, -0.2) is 13.1 Å². The second-order valence-corrected chi connectivity index (χ2v) is 6.13. The van der Waals surface area contributed by atoms with Crippen LogP contribution in [0.1, 0.15) is 29.9 Å². The topological polar surface area (TPSA) is 38.3 Å². The molecule has 0 fully saturated rings. The van der Waals surface area contributed by atoms with Crippen molar-refractivity contribution in [2.24, 2.45) is 0 Å². The van der Waals surface area contributed by atoms with Crippen molar-refractivity contribution in [3.05, 3.63) is 57.8 Å². The Kier molecular flexibility index (Phi) is 5.15. The van der Waals surface area contributed by atoms with Crippen LogP contribution in [0, 0.1) is 0 Å². The molecule has 0 spiro atoms. The number of ether oxygens (including phenoxy) is 1. The molecular formula is C17H21NO2S. The third kappa shape index (κ3) is 3.52. The molecule has 0 aliphatic heterocycles. The van der Waals surface area contributed by atoms with E-state index < -0.39 is 5.54 Å². The lowest BCUT2D eigenvalue weighted by molar-refractivity contribution is -0.148. The summed E-state index contributed by atoms with van der Waals surface area (Å²) in [5.41, 5.74) is 1.33. The molecule has 112 valence electrons. The summed E-state index contributed by atoms with van der Waals surface area (Å²) in [6.45, 7) is 4.62. The SMILES string of the molecule is CCc1ccc(C(C)(NCc2cccs2)C(=O)OC)cc1. The second-order valence-electron chi connectivity index (χ2n) is 5.10. The lowest BCUT2D eigenvalue weighted by Crippen LogP contribution is -2.46. The maximum absolute atomic E-state index is 12.3. The standard InChI is InChI=1S/C17H21NO2S/c1-4-13-7-9-14(10-8-13)17(2,16(19)20-3)18-12-15-6-5-11-21-15/h5-11,18H,4,12H2,1-3H3. The molecule has 1 aromatic heterocycles. The van der Waals surface area contributed by atoms with Crippen LogP contribution in [0.2, 0.25) is 0 Å². The molecule has 1 N–H and O–H groups in total. The molecule has 0 bridgehead atoms. The van der Waals surface area contributed by atoms with Crippen molar-refractivity contribution in [3.8, 4) is 0 Å². The van der Waals surface area contributed by atoms with E-state index in [1.165, 1.54) is 17.6 Å². The van der Waals surface area contributed by atoms with Gasteiger partial charge in [-0.1, -0.05) is 37.3 Å². The van der Waals surface area contributed by atoms with E-state index in [-0.39, 0.29) is 5.97 Å². The average molecular weight is 303 g/mol. The van der Waals surface area contributed by atoms with E-state index in [0.717, 1.165) is 12.0 Å². The molecule has 21 heavy (non-hydrogen) atoms. The van der Waals surface area contributed by atoms with Gasteiger partial charge in [0, 0.05) is 11.4 Å². The van der Waals surface area contributed by atoms with Gasteiger partial charge in [-0.2, -0.15) is 0 Å². The Morgan fingerprint density at radius 3 is 2.52 bits per heavy atom. The number of aryl methyl sites for hydroxylation is 1. The molecule has 1 unspecified atom stereocenters. The lowest BCUT2D eigenvalue weighted by atomic mass is 9.91. The van der Waals surface area contributed by atoms with Crippen molar-refractivity contribution in [1.82, 2.24) is 5.32 Å². The molecule has 0 amide bonds. The van der Waals surface area contributed by atoms with Crippen LogP contribution in [0.15, 0.2) is 41.8 Å². The minimum absolute atomic E-state index is 0.275. The molecule has 4 heteroatoms. The fourth-order valence-electron chi connectivity index (χ4n) is 2.25. The predicted molar refractivity (Wildman–Crippen MR) is 86.3 cm³/mol. The highest BCUT2D eigenvalue weighted by Crippen LogP contribution is 2.24. The van der Waals surface area contributed by atoms with Crippen LogP contribution in [0.3, 0.4) is 0 Å². The first-order valence-electron chi connectivity index (χ1n) is 7.05. The largest absolute Gasteiger partial charge is 0.467 e. The van der Waals surface area contributed by atoms with Gasteiger partial charge in [0.05, 0.1) is 7.11 Å². The molecule has 1 atom stereocenters. The summed E-state index contributed by atoms with van der Waals surface area (Å²) in [6.07, 6.45) is 0.984. The predicted octanol–water partition coefficient (Wildman–Crippen LogP) is 3.49. The van der Waals surface area contributed by atoms with Gasteiger partial charge < -0.3 is 4.74 Å². The highest BCUT2D eigenvalue weighted by atomic mass is 32.1. The summed E-state index contributed by atoms with van der Waals surface area (Å²) >= 11 is 1.67. The Morgan fingerprint density at radius 1 is 1.29 bits per heavy atom. The fourth-order valence-corrected chi connectivity index (χ4v) is 2.89. The number of esters is 1. The summed E-state index contributed by atoms with van der Waals surface area (Å²) in [6, 6.07) is 12.2. The molecule has 1 aromatic carbocycles.